The predicted molar refractivity (Wildman–Crippen MR) is 73.6 cm³/mol. The Labute approximate surface area is 118 Å². The highest BCUT2D eigenvalue weighted by atomic mass is 32.1. The minimum Gasteiger partial charge on any atom is -0.368 e. The van der Waals surface area contributed by atoms with E-state index in [0.717, 1.165) is 5.56 Å². The maximum Gasteiger partial charge on any atom is 0.271 e. The molecule has 0 bridgehead atoms. The number of halogens is 1. The summed E-state index contributed by atoms with van der Waals surface area (Å²) in [5, 5.41) is 4.61. The molecule has 0 aliphatic heterocycles. The van der Waals surface area contributed by atoms with Crippen LogP contribution < -0.4 is 11.1 Å². The third kappa shape index (κ3) is 3.18. The number of nitrogens with one attached hydrogen (secondary N) is 1. The molecule has 1 aromatic carbocycles. The molecule has 2 aromatic rings. The van der Waals surface area contributed by atoms with Crippen LogP contribution in [0, 0.1) is 5.82 Å². The first-order valence-electron chi connectivity index (χ1n) is 5.79. The summed E-state index contributed by atoms with van der Waals surface area (Å²) in [6.07, 6.45) is 0. The van der Waals surface area contributed by atoms with Gasteiger partial charge < -0.3 is 11.1 Å². The van der Waals surface area contributed by atoms with Gasteiger partial charge in [-0.3, -0.25) is 9.59 Å². The van der Waals surface area contributed by atoms with Crippen LogP contribution in [0.15, 0.2) is 29.6 Å². The molecule has 0 aliphatic rings. The second-order valence-electron chi connectivity index (χ2n) is 4.14. The van der Waals surface area contributed by atoms with Crippen LogP contribution in [0.4, 0.5) is 4.39 Å². The van der Waals surface area contributed by atoms with E-state index in [-0.39, 0.29) is 11.5 Å². The molecule has 5 nitrogen and oxygen atoms in total. The SMILES string of the molecule is CC(NC(=O)c1csc(-c2ccc(F)cc2)n1)C(N)=O. The third-order valence-electron chi connectivity index (χ3n) is 2.60. The van der Waals surface area contributed by atoms with E-state index in [1.807, 2.05) is 0 Å². The molecule has 0 aliphatic carbocycles. The Kier molecular flexibility index (Phi) is 4.09. The van der Waals surface area contributed by atoms with Crippen molar-refractivity contribution in [1.29, 1.82) is 0 Å². The Morgan fingerprint density at radius 1 is 1.35 bits per heavy atom. The summed E-state index contributed by atoms with van der Waals surface area (Å²) in [5.41, 5.74) is 5.98. The van der Waals surface area contributed by atoms with Crippen LogP contribution in [0.3, 0.4) is 0 Å². The summed E-state index contributed by atoms with van der Waals surface area (Å²) in [5.74, 6) is -1.42. The van der Waals surface area contributed by atoms with Crippen molar-refractivity contribution >= 4 is 23.2 Å². The molecule has 1 unspecified atom stereocenters. The molecule has 2 rings (SSSR count). The van der Waals surface area contributed by atoms with Gasteiger partial charge in [-0.1, -0.05) is 0 Å². The molecule has 1 aromatic heterocycles. The summed E-state index contributed by atoms with van der Waals surface area (Å²) in [6.45, 7) is 1.49. The first-order chi connectivity index (χ1) is 9.47. The van der Waals surface area contributed by atoms with Crippen molar-refractivity contribution in [2.75, 3.05) is 0 Å². The van der Waals surface area contributed by atoms with Gasteiger partial charge in [-0.2, -0.15) is 0 Å². The van der Waals surface area contributed by atoms with E-state index in [2.05, 4.69) is 10.3 Å². The average Bonchev–Trinajstić information content (AvgIpc) is 2.89. The number of nitrogens with zero attached hydrogens (tertiary/aromatic N) is 1. The highest BCUT2D eigenvalue weighted by molar-refractivity contribution is 7.13. The molecule has 0 saturated heterocycles. The molecule has 1 heterocycles. The Bertz CT molecular complexity index is 639. The van der Waals surface area contributed by atoms with E-state index in [0.29, 0.717) is 5.01 Å². The van der Waals surface area contributed by atoms with Crippen molar-refractivity contribution in [2.24, 2.45) is 5.73 Å². The minimum absolute atomic E-state index is 0.197. The van der Waals surface area contributed by atoms with Crippen molar-refractivity contribution in [3.05, 3.63) is 41.2 Å². The van der Waals surface area contributed by atoms with E-state index in [4.69, 9.17) is 5.73 Å². The lowest BCUT2D eigenvalue weighted by molar-refractivity contribution is -0.119. The average molecular weight is 293 g/mol. The summed E-state index contributed by atoms with van der Waals surface area (Å²) in [6, 6.07) is 5.06. The number of carbonyl (C=O) groups excluding carboxylic acids is 2. The Hall–Kier alpha value is -2.28. The number of nitrogens with two attached hydrogens (primary N) is 1. The fourth-order valence-electron chi connectivity index (χ4n) is 1.44. The zero-order valence-electron chi connectivity index (χ0n) is 10.6. The number of primary amides is 1. The number of thiazole rings is 1. The molecule has 0 saturated carbocycles. The lowest BCUT2D eigenvalue weighted by Gasteiger charge is -2.07. The number of rotatable bonds is 4. The van der Waals surface area contributed by atoms with Gasteiger partial charge in [0.1, 0.15) is 22.6 Å². The van der Waals surface area contributed by atoms with Gasteiger partial charge in [-0.05, 0) is 31.2 Å². The van der Waals surface area contributed by atoms with Crippen molar-refractivity contribution in [2.45, 2.75) is 13.0 Å². The van der Waals surface area contributed by atoms with Crippen LogP contribution in [0.1, 0.15) is 17.4 Å². The predicted octanol–water partition coefficient (Wildman–Crippen LogP) is 1.55. The zero-order valence-corrected chi connectivity index (χ0v) is 11.4. The normalized spacial score (nSPS) is 11.9. The van der Waals surface area contributed by atoms with E-state index in [9.17, 15) is 14.0 Å². The van der Waals surface area contributed by atoms with Gasteiger partial charge in [0.2, 0.25) is 5.91 Å². The molecular formula is C13H12FN3O2S. The van der Waals surface area contributed by atoms with Gasteiger partial charge in [-0.15, -0.1) is 11.3 Å². The fraction of sp³-hybridized carbons (Fsp3) is 0.154. The summed E-state index contributed by atoms with van der Waals surface area (Å²) in [7, 11) is 0. The molecule has 7 heteroatoms. The monoisotopic (exact) mass is 293 g/mol. The van der Waals surface area contributed by atoms with Gasteiger partial charge in [0.15, 0.2) is 0 Å². The van der Waals surface area contributed by atoms with Gasteiger partial charge >= 0.3 is 0 Å². The van der Waals surface area contributed by atoms with Crippen molar-refractivity contribution in [3.63, 3.8) is 0 Å². The Morgan fingerprint density at radius 2 is 2.00 bits per heavy atom. The molecule has 0 fully saturated rings. The highest BCUT2D eigenvalue weighted by Crippen LogP contribution is 2.23. The maximum absolute atomic E-state index is 12.8. The van der Waals surface area contributed by atoms with Crippen LogP contribution in [0.25, 0.3) is 10.6 Å². The molecule has 2 amide bonds. The Balaban J connectivity index is 2.14. The van der Waals surface area contributed by atoms with Crippen LogP contribution in [-0.2, 0) is 4.79 Å². The minimum atomic E-state index is -0.765. The van der Waals surface area contributed by atoms with Crippen molar-refractivity contribution in [1.82, 2.24) is 10.3 Å². The van der Waals surface area contributed by atoms with E-state index in [1.54, 1.807) is 17.5 Å². The molecule has 1 atom stereocenters. The van der Waals surface area contributed by atoms with Crippen LogP contribution in [0.2, 0.25) is 0 Å². The zero-order chi connectivity index (χ0) is 14.7. The van der Waals surface area contributed by atoms with Crippen LogP contribution in [0.5, 0.6) is 0 Å². The highest BCUT2D eigenvalue weighted by Gasteiger charge is 2.16. The topological polar surface area (TPSA) is 85.1 Å². The lowest BCUT2D eigenvalue weighted by atomic mass is 10.2. The van der Waals surface area contributed by atoms with Gasteiger partial charge in [-0.25, -0.2) is 9.37 Å². The number of benzene rings is 1. The van der Waals surface area contributed by atoms with E-state index < -0.39 is 17.9 Å². The lowest BCUT2D eigenvalue weighted by Crippen LogP contribution is -2.42. The smallest absolute Gasteiger partial charge is 0.271 e. The van der Waals surface area contributed by atoms with Crippen LogP contribution in [-0.4, -0.2) is 22.8 Å². The van der Waals surface area contributed by atoms with Gasteiger partial charge in [0, 0.05) is 10.9 Å². The van der Waals surface area contributed by atoms with E-state index >= 15 is 0 Å². The standard InChI is InChI=1S/C13H12FN3O2S/c1-7(11(15)18)16-12(19)10-6-20-13(17-10)8-2-4-9(14)5-3-8/h2-7H,1H3,(H2,15,18)(H,16,19). The quantitative estimate of drug-likeness (QED) is 0.897. The maximum atomic E-state index is 12.8. The van der Waals surface area contributed by atoms with Crippen LogP contribution >= 0.6 is 11.3 Å². The Morgan fingerprint density at radius 3 is 2.60 bits per heavy atom. The number of hydrogen-bond donors (Lipinski definition) is 2. The molecule has 0 spiro atoms. The summed E-state index contributed by atoms with van der Waals surface area (Å²) < 4.78 is 12.8. The second kappa shape index (κ2) is 5.79. The van der Waals surface area contributed by atoms with E-state index in [1.165, 1.54) is 30.4 Å². The number of carbonyl (C=O) groups is 2. The third-order valence-corrected chi connectivity index (χ3v) is 3.49. The van der Waals surface area contributed by atoms with Crippen molar-refractivity contribution in [3.8, 4) is 10.6 Å². The molecule has 20 heavy (non-hydrogen) atoms. The summed E-state index contributed by atoms with van der Waals surface area (Å²) in [4.78, 5) is 26.9. The van der Waals surface area contributed by atoms with Crippen molar-refractivity contribution < 1.29 is 14.0 Å². The largest absolute Gasteiger partial charge is 0.368 e. The molecule has 3 N–H and O–H groups in total. The number of amides is 2. The summed E-state index contributed by atoms with van der Waals surface area (Å²) >= 11 is 1.26. The van der Waals surface area contributed by atoms with Gasteiger partial charge in [0.05, 0.1) is 0 Å². The molecule has 104 valence electrons. The molecule has 0 radical (unpaired) electrons. The fourth-order valence-corrected chi connectivity index (χ4v) is 2.25. The van der Waals surface area contributed by atoms with Gasteiger partial charge in [0.25, 0.3) is 5.91 Å². The second-order valence-corrected chi connectivity index (χ2v) is 5.00. The first kappa shape index (κ1) is 14.1. The molecular weight excluding hydrogens is 281 g/mol. The number of aromatic nitrogens is 1. The number of hydrogen-bond acceptors (Lipinski definition) is 4. The first-order valence-corrected chi connectivity index (χ1v) is 6.67.